The average Bonchev–Trinajstić information content (AvgIpc) is 3.41. The number of carbonyl (C=O) groups excluding carboxylic acids is 1. The van der Waals surface area contributed by atoms with E-state index in [1.807, 2.05) is 0 Å². The fourth-order valence-electron chi connectivity index (χ4n) is 2.77. The zero-order valence-corrected chi connectivity index (χ0v) is 15.7. The van der Waals surface area contributed by atoms with Gasteiger partial charge < -0.3 is 28.7 Å². The molecule has 4 rings (SSSR count). The van der Waals surface area contributed by atoms with Gasteiger partial charge in [0.25, 0.3) is 11.6 Å². The van der Waals surface area contributed by atoms with Crippen molar-refractivity contribution in [3.8, 4) is 23.0 Å². The molecule has 1 N–H and O–H groups in total. The third-order valence-corrected chi connectivity index (χ3v) is 4.21. The van der Waals surface area contributed by atoms with Crippen molar-refractivity contribution in [1.29, 1.82) is 0 Å². The Kier molecular flexibility index (Phi) is 5.12. The molecular formula is C20H16N2O8. The van der Waals surface area contributed by atoms with E-state index in [1.54, 1.807) is 24.3 Å². The quantitative estimate of drug-likeness (QED) is 0.460. The summed E-state index contributed by atoms with van der Waals surface area (Å²) in [6.45, 7) is 0.267. The largest absolute Gasteiger partial charge is 0.496 e. The van der Waals surface area contributed by atoms with Crippen molar-refractivity contribution in [2.24, 2.45) is 0 Å². The number of amides is 1. The highest BCUT2D eigenvalue weighted by molar-refractivity contribution is 6.02. The molecule has 1 aliphatic rings. The number of furan rings is 1. The van der Waals surface area contributed by atoms with Crippen LogP contribution in [-0.4, -0.2) is 24.7 Å². The van der Waals surface area contributed by atoms with Crippen molar-refractivity contribution in [1.82, 2.24) is 0 Å². The van der Waals surface area contributed by atoms with Gasteiger partial charge in [-0.05, 0) is 24.3 Å². The molecule has 1 aliphatic heterocycles. The molecule has 0 spiro atoms. The highest BCUT2D eigenvalue weighted by atomic mass is 16.7. The molecule has 0 bridgehead atoms. The number of benzene rings is 2. The van der Waals surface area contributed by atoms with Gasteiger partial charge in [-0.1, -0.05) is 0 Å². The number of hydrogen-bond donors (Lipinski definition) is 1. The maximum absolute atomic E-state index is 12.4. The first kappa shape index (κ1) is 19.1. The molecule has 0 atom stereocenters. The van der Waals surface area contributed by atoms with E-state index in [9.17, 15) is 14.9 Å². The van der Waals surface area contributed by atoms with E-state index in [1.165, 1.54) is 31.4 Å². The fraction of sp³-hybridized carbons (Fsp3) is 0.150. The Morgan fingerprint density at radius 2 is 1.93 bits per heavy atom. The van der Waals surface area contributed by atoms with E-state index >= 15 is 0 Å². The number of non-ortho nitro benzene ring substituents is 1. The van der Waals surface area contributed by atoms with Gasteiger partial charge in [0.1, 0.15) is 23.9 Å². The summed E-state index contributed by atoms with van der Waals surface area (Å²) in [5.41, 5.74) is 0.00233. The van der Waals surface area contributed by atoms with Crippen LogP contribution in [0.4, 0.5) is 11.4 Å². The Balaban J connectivity index is 1.40. The van der Waals surface area contributed by atoms with Gasteiger partial charge in [0.05, 0.1) is 23.8 Å². The van der Waals surface area contributed by atoms with E-state index in [-0.39, 0.29) is 36.3 Å². The van der Waals surface area contributed by atoms with Crippen LogP contribution in [0.1, 0.15) is 16.3 Å². The molecule has 3 aromatic rings. The summed E-state index contributed by atoms with van der Waals surface area (Å²) in [4.78, 5) is 22.9. The SMILES string of the molecule is COc1cc(NC(=O)c2ccc(COc3ccc4c(c3)OCO4)o2)cc([N+](=O)[O-])c1. The number of ether oxygens (including phenoxy) is 4. The molecule has 0 fully saturated rings. The number of methoxy groups -OCH3 is 1. The van der Waals surface area contributed by atoms with E-state index in [2.05, 4.69) is 5.32 Å². The minimum absolute atomic E-state index is 0.0322. The lowest BCUT2D eigenvalue weighted by atomic mass is 10.2. The molecule has 0 radical (unpaired) electrons. The Hall–Kier alpha value is -4.21. The maximum Gasteiger partial charge on any atom is 0.291 e. The molecule has 1 amide bonds. The van der Waals surface area contributed by atoms with Crippen molar-refractivity contribution in [2.75, 3.05) is 19.2 Å². The summed E-state index contributed by atoms with van der Waals surface area (Å²) < 4.78 is 26.7. The topological polar surface area (TPSA) is 122 Å². The summed E-state index contributed by atoms with van der Waals surface area (Å²) in [5, 5.41) is 13.6. The van der Waals surface area contributed by atoms with Crippen LogP contribution in [0.25, 0.3) is 0 Å². The number of rotatable bonds is 7. The third kappa shape index (κ3) is 4.12. The van der Waals surface area contributed by atoms with Gasteiger partial charge in [-0.3, -0.25) is 14.9 Å². The lowest BCUT2D eigenvalue weighted by Gasteiger charge is -2.07. The number of nitro benzene ring substituents is 1. The summed E-state index contributed by atoms with van der Waals surface area (Å²) in [6, 6.07) is 12.2. The van der Waals surface area contributed by atoms with Crippen LogP contribution in [-0.2, 0) is 6.61 Å². The first-order chi connectivity index (χ1) is 14.5. The Morgan fingerprint density at radius 1 is 1.10 bits per heavy atom. The number of carbonyl (C=O) groups is 1. The van der Waals surface area contributed by atoms with Crippen LogP contribution in [0, 0.1) is 10.1 Å². The standard InChI is InChI=1S/C20H16N2O8/c1-26-16-7-12(6-13(8-16)22(24)25)21-20(23)18-5-3-15(30-18)10-27-14-2-4-17-19(9-14)29-11-28-17/h2-9H,10-11H2,1H3,(H,21,23). The van der Waals surface area contributed by atoms with E-state index in [0.717, 1.165) is 0 Å². The van der Waals surface area contributed by atoms with Crippen LogP contribution in [0.15, 0.2) is 52.9 Å². The Labute approximate surface area is 170 Å². The van der Waals surface area contributed by atoms with Crippen LogP contribution >= 0.6 is 0 Å². The molecule has 2 aromatic carbocycles. The predicted octanol–water partition coefficient (Wildman–Crippen LogP) is 3.76. The number of nitrogens with zero attached hydrogens (tertiary/aromatic N) is 1. The van der Waals surface area contributed by atoms with Crippen LogP contribution in [0.2, 0.25) is 0 Å². The Morgan fingerprint density at radius 3 is 2.73 bits per heavy atom. The first-order valence-electron chi connectivity index (χ1n) is 8.78. The molecule has 2 heterocycles. The van der Waals surface area contributed by atoms with E-state index in [4.69, 9.17) is 23.4 Å². The van der Waals surface area contributed by atoms with Crippen LogP contribution < -0.4 is 24.3 Å². The molecule has 30 heavy (non-hydrogen) atoms. The zero-order valence-electron chi connectivity index (χ0n) is 15.7. The molecule has 1 aromatic heterocycles. The van der Waals surface area contributed by atoms with Gasteiger partial charge in [-0.25, -0.2) is 0 Å². The van der Waals surface area contributed by atoms with Crippen molar-refractivity contribution in [3.05, 3.63) is 70.2 Å². The summed E-state index contributed by atoms with van der Waals surface area (Å²) >= 11 is 0. The summed E-state index contributed by atoms with van der Waals surface area (Å²) in [7, 11) is 1.38. The number of nitro groups is 1. The Bertz CT molecular complexity index is 1110. The molecule has 154 valence electrons. The number of fused-ring (bicyclic) bond motifs is 1. The monoisotopic (exact) mass is 412 g/mol. The van der Waals surface area contributed by atoms with Crippen LogP contribution in [0.3, 0.4) is 0 Å². The first-order valence-corrected chi connectivity index (χ1v) is 8.78. The van der Waals surface area contributed by atoms with Crippen molar-refractivity contribution < 1.29 is 33.1 Å². The minimum Gasteiger partial charge on any atom is -0.496 e. The van der Waals surface area contributed by atoms with Gasteiger partial charge in [-0.15, -0.1) is 0 Å². The molecule has 0 saturated heterocycles. The molecule has 0 saturated carbocycles. The second kappa shape index (κ2) is 8.03. The number of anilines is 1. The normalized spacial score (nSPS) is 11.8. The third-order valence-electron chi connectivity index (χ3n) is 4.21. The predicted molar refractivity (Wildman–Crippen MR) is 103 cm³/mol. The number of nitrogens with one attached hydrogen (secondary N) is 1. The van der Waals surface area contributed by atoms with Crippen molar-refractivity contribution in [3.63, 3.8) is 0 Å². The highest BCUT2D eigenvalue weighted by Gasteiger charge is 2.17. The van der Waals surface area contributed by atoms with Crippen molar-refractivity contribution >= 4 is 17.3 Å². The lowest BCUT2D eigenvalue weighted by Crippen LogP contribution is -2.11. The summed E-state index contributed by atoms with van der Waals surface area (Å²) in [6.07, 6.45) is 0. The smallest absolute Gasteiger partial charge is 0.291 e. The molecular weight excluding hydrogens is 396 g/mol. The van der Waals surface area contributed by atoms with E-state index < -0.39 is 10.8 Å². The lowest BCUT2D eigenvalue weighted by molar-refractivity contribution is -0.384. The van der Waals surface area contributed by atoms with Gasteiger partial charge in [0, 0.05) is 18.2 Å². The summed E-state index contributed by atoms with van der Waals surface area (Å²) in [5.74, 6) is 1.95. The van der Waals surface area contributed by atoms with Gasteiger partial charge in [-0.2, -0.15) is 0 Å². The molecule has 10 nitrogen and oxygen atoms in total. The van der Waals surface area contributed by atoms with E-state index in [0.29, 0.717) is 23.0 Å². The zero-order chi connectivity index (χ0) is 21.1. The average molecular weight is 412 g/mol. The second-order valence-corrected chi connectivity index (χ2v) is 6.20. The van der Waals surface area contributed by atoms with Gasteiger partial charge >= 0.3 is 0 Å². The van der Waals surface area contributed by atoms with Gasteiger partial charge in [0.2, 0.25) is 6.79 Å². The minimum atomic E-state index is -0.573. The fourth-order valence-corrected chi connectivity index (χ4v) is 2.77. The van der Waals surface area contributed by atoms with Crippen LogP contribution in [0.5, 0.6) is 23.0 Å². The molecule has 0 unspecified atom stereocenters. The van der Waals surface area contributed by atoms with Crippen molar-refractivity contribution in [2.45, 2.75) is 6.61 Å². The molecule has 0 aliphatic carbocycles. The maximum atomic E-state index is 12.4. The number of hydrogen-bond acceptors (Lipinski definition) is 8. The second-order valence-electron chi connectivity index (χ2n) is 6.20. The van der Waals surface area contributed by atoms with Gasteiger partial charge in [0.15, 0.2) is 17.3 Å². The highest BCUT2D eigenvalue weighted by Crippen LogP contribution is 2.35. The molecule has 10 heteroatoms.